The van der Waals surface area contributed by atoms with Crippen LogP contribution in [0.3, 0.4) is 0 Å². The van der Waals surface area contributed by atoms with Gasteiger partial charge >= 0.3 is 0 Å². The summed E-state index contributed by atoms with van der Waals surface area (Å²) in [6, 6.07) is 7.92. The third-order valence-electron chi connectivity index (χ3n) is 3.69. The molecule has 1 aliphatic rings. The van der Waals surface area contributed by atoms with Gasteiger partial charge in [-0.25, -0.2) is 0 Å². The number of aliphatic hydroxyl groups is 1. The Hall–Kier alpha value is -1.04. The number of hydrogen-bond acceptors (Lipinski definition) is 4. The SMILES string of the molecule is CSCc1ccc(C(=O)N2CCN(C[C@@H](C)O)CC2)cc1. The molecule has 5 heteroatoms. The minimum Gasteiger partial charge on any atom is -0.392 e. The molecule has 1 aromatic rings. The summed E-state index contributed by atoms with van der Waals surface area (Å²) in [6.45, 7) is 5.62. The van der Waals surface area contributed by atoms with Gasteiger partial charge in [0.15, 0.2) is 0 Å². The molecule has 0 unspecified atom stereocenters. The number of thioether (sulfide) groups is 1. The van der Waals surface area contributed by atoms with Gasteiger partial charge in [-0.05, 0) is 30.9 Å². The monoisotopic (exact) mass is 308 g/mol. The molecule has 1 fully saturated rings. The van der Waals surface area contributed by atoms with Gasteiger partial charge in [0.05, 0.1) is 6.10 Å². The number of rotatable bonds is 5. The topological polar surface area (TPSA) is 43.8 Å². The number of carbonyl (C=O) groups is 1. The maximum absolute atomic E-state index is 12.5. The quantitative estimate of drug-likeness (QED) is 0.899. The summed E-state index contributed by atoms with van der Waals surface area (Å²) in [6.07, 6.45) is 1.77. The van der Waals surface area contributed by atoms with E-state index in [1.807, 2.05) is 29.2 Å². The van der Waals surface area contributed by atoms with Crippen LogP contribution in [0.2, 0.25) is 0 Å². The van der Waals surface area contributed by atoms with Crippen molar-refractivity contribution in [1.82, 2.24) is 9.80 Å². The predicted octanol–water partition coefficient (Wildman–Crippen LogP) is 1.69. The Bertz CT molecular complexity index is 454. The number of carbonyl (C=O) groups excluding carboxylic acids is 1. The molecule has 1 heterocycles. The zero-order chi connectivity index (χ0) is 15.2. The maximum Gasteiger partial charge on any atom is 0.253 e. The number of amides is 1. The van der Waals surface area contributed by atoms with Crippen LogP contribution in [-0.4, -0.2) is 65.9 Å². The van der Waals surface area contributed by atoms with E-state index in [-0.39, 0.29) is 12.0 Å². The summed E-state index contributed by atoms with van der Waals surface area (Å²) in [5, 5.41) is 9.40. The fraction of sp³-hybridized carbons (Fsp3) is 0.562. The predicted molar refractivity (Wildman–Crippen MR) is 87.7 cm³/mol. The molecule has 116 valence electrons. The highest BCUT2D eigenvalue weighted by molar-refractivity contribution is 7.97. The third kappa shape index (κ3) is 4.73. The van der Waals surface area contributed by atoms with Gasteiger partial charge in [0.2, 0.25) is 0 Å². The van der Waals surface area contributed by atoms with Crippen molar-refractivity contribution < 1.29 is 9.90 Å². The molecule has 0 bridgehead atoms. The summed E-state index contributed by atoms with van der Waals surface area (Å²) < 4.78 is 0. The average molecular weight is 308 g/mol. The van der Waals surface area contributed by atoms with E-state index in [1.54, 1.807) is 18.7 Å². The molecule has 1 aromatic carbocycles. The van der Waals surface area contributed by atoms with Crippen LogP contribution in [-0.2, 0) is 5.75 Å². The molecule has 0 spiro atoms. The first-order chi connectivity index (χ1) is 10.1. The lowest BCUT2D eigenvalue weighted by Crippen LogP contribution is -2.50. The van der Waals surface area contributed by atoms with Crippen molar-refractivity contribution >= 4 is 17.7 Å². The Morgan fingerprint density at radius 2 is 1.86 bits per heavy atom. The van der Waals surface area contributed by atoms with Crippen molar-refractivity contribution in [3.05, 3.63) is 35.4 Å². The van der Waals surface area contributed by atoms with Crippen molar-refractivity contribution in [1.29, 1.82) is 0 Å². The maximum atomic E-state index is 12.5. The first kappa shape index (κ1) is 16.3. The third-order valence-corrected chi connectivity index (χ3v) is 4.32. The van der Waals surface area contributed by atoms with Gasteiger partial charge < -0.3 is 10.0 Å². The molecule has 1 atom stereocenters. The van der Waals surface area contributed by atoms with Crippen LogP contribution < -0.4 is 0 Å². The van der Waals surface area contributed by atoms with Gasteiger partial charge in [-0.1, -0.05) is 12.1 Å². The number of aliphatic hydroxyl groups excluding tert-OH is 1. The summed E-state index contributed by atoms with van der Waals surface area (Å²) in [7, 11) is 0. The van der Waals surface area contributed by atoms with E-state index >= 15 is 0 Å². The van der Waals surface area contributed by atoms with Crippen LogP contribution in [0.1, 0.15) is 22.8 Å². The molecule has 1 saturated heterocycles. The normalized spacial score (nSPS) is 17.8. The molecule has 1 aliphatic heterocycles. The number of nitrogens with zero attached hydrogens (tertiary/aromatic N) is 2. The minimum absolute atomic E-state index is 0.113. The van der Waals surface area contributed by atoms with Gasteiger partial charge in [0.25, 0.3) is 5.91 Å². The van der Waals surface area contributed by atoms with Crippen LogP contribution in [0.15, 0.2) is 24.3 Å². The molecule has 0 aromatic heterocycles. The molecule has 21 heavy (non-hydrogen) atoms. The fourth-order valence-electron chi connectivity index (χ4n) is 2.60. The smallest absolute Gasteiger partial charge is 0.253 e. The largest absolute Gasteiger partial charge is 0.392 e. The van der Waals surface area contributed by atoms with E-state index in [4.69, 9.17) is 0 Å². The lowest BCUT2D eigenvalue weighted by atomic mass is 10.1. The van der Waals surface area contributed by atoms with E-state index in [9.17, 15) is 9.90 Å². The van der Waals surface area contributed by atoms with Crippen molar-refractivity contribution in [3.8, 4) is 0 Å². The zero-order valence-electron chi connectivity index (χ0n) is 12.8. The Morgan fingerprint density at radius 3 is 2.38 bits per heavy atom. The highest BCUT2D eigenvalue weighted by Gasteiger charge is 2.22. The summed E-state index contributed by atoms with van der Waals surface area (Å²) >= 11 is 1.78. The number of benzene rings is 1. The average Bonchev–Trinajstić information content (AvgIpc) is 2.48. The molecule has 4 nitrogen and oxygen atoms in total. The Labute approximate surface area is 131 Å². The zero-order valence-corrected chi connectivity index (χ0v) is 13.6. The van der Waals surface area contributed by atoms with Crippen LogP contribution >= 0.6 is 11.8 Å². The molecule has 1 N–H and O–H groups in total. The Kier molecular flexibility index (Phi) is 6.08. The Morgan fingerprint density at radius 1 is 1.24 bits per heavy atom. The van der Waals surface area contributed by atoms with Gasteiger partial charge in [-0.15, -0.1) is 0 Å². The van der Waals surface area contributed by atoms with Crippen LogP contribution in [0.5, 0.6) is 0 Å². The fourth-order valence-corrected chi connectivity index (χ4v) is 3.13. The van der Waals surface area contributed by atoms with Crippen LogP contribution in [0, 0.1) is 0 Å². The van der Waals surface area contributed by atoms with E-state index in [1.165, 1.54) is 5.56 Å². The van der Waals surface area contributed by atoms with E-state index < -0.39 is 0 Å². The van der Waals surface area contributed by atoms with Gasteiger partial charge in [0.1, 0.15) is 0 Å². The molecule has 1 amide bonds. The second-order valence-corrected chi connectivity index (χ2v) is 6.44. The highest BCUT2D eigenvalue weighted by Crippen LogP contribution is 2.13. The standard InChI is InChI=1S/C16H24N2O2S/c1-13(19)11-17-7-9-18(10-8-17)16(20)15-5-3-14(4-6-15)12-21-2/h3-6,13,19H,7-12H2,1-2H3/t13-/m1/s1. The second kappa shape index (κ2) is 7.82. The van der Waals surface area contributed by atoms with Crippen LogP contribution in [0.25, 0.3) is 0 Å². The minimum atomic E-state index is -0.309. The van der Waals surface area contributed by atoms with Crippen LogP contribution in [0.4, 0.5) is 0 Å². The van der Waals surface area contributed by atoms with Gasteiger partial charge in [-0.3, -0.25) is 9.69 Å². The second-order valence-electron chi connectivity index (χ2n) is 5.57. The van der Waals surface area contributed by atoms with Crippen molar-refractivity contribution in [3.63, 3.8) is 0 Å². The van der Waals surface area contributed by atoms with Gasteiger partial charge in [-0.2, -0.15) is 11.8 Å². The molecule has 0 aliphatic carbocycles. The first-order valence-electron chi connectivity index (χ1n) is 7.37. The van der Waals surface area contributed by atoms with E-state index in [0.717, 1.165) is 37.5 Å². The molecule has 0 radical (unpaired) electrons. The number of piperazine rings is 1. The lowest BCUT2D eigenvalue weighted by Gasteiger charge is -2.35. The van der Waals surface area contributed by atoms with Crippen molar-refractivity contribution in [2.45, 2.75) is 18.8 Å². The molecule has 0 saturated carbocycles. The number of β-amino-alcohol motifs (C(OH)–C–C–N with tert-alkyl or cyclic N) is 1. The highest BCUT2D eigenvalue weighted by atomic mass is 32.2. The van der Waals surface area contributed by atoms with Crippen molar-refractivity contribution in [2.75, 3.05) is 39.0 Å². The van der Waals surface area contributed by atoms with Gasteiger partial charge in [0, 0.05) is 44.0 Å². The molecular formula is C16H24N2O2S. The summed E-state index contributed by atoms with van der Waals surface area (Å²) in [5.41, 5.74) is 2.02. The molecule has 2 rings (SSSR count). The summed E-state index contributed by atoms with van der Waals surface area (Å²) in [5.74, 6) is 1.09. The van der Waals surface area contributed by atoms with E-state index in [0.29, 0.717) is 6.54 Å². The lowest BCUT2D eigenvalue weighted by molar-refractivity contribution is 0.0554. The van der Waals surface area contributed by atoms with Crippen molar-refractivity contribution in [2.24, 2.45) is 0 Å². The van der Waals surface area contributed by atoms with E-state index in [2.05, 4.69) is 11.2 Å². The number of hydrogen-bond donors (Lipinski definition) is 1. The Balaban J connectivity index is 1.89. The first-order valence-corrected chi connectivity index (χ1v) is 8.77. The summed E-state index contributed by atoms with van der Waals surface area (Å²) in [4.78, 5) is 16.6. The molecular weight excluding hydrogens is 284 g/mol.